The highest BCUT2D eigenvalue weighted by Crippen LogP contribution is 2.25. The summed E-state index contributed by atoms with van der Waals surface area (Å²) in [6.07, 6.45) is 0.457. The van der Waals surface area contributed by atoms with Crippen LogP contribution in [0.3, 0.4) is 0 Å². The van der Waals surface area contributed by atoms with Crippen LogP contribution in [0.25, 0.3) is 10.8 Å². The number of para-hydroxylation sites is 2. The number of amides is 1. The normalized spacial score (nSPS) is 10.4. The van der Waals surface area contributed by atoms with Crippen molar-refractivity contribution >= 4 is 17.2 Å². The lowest BCUT2D eigenvalue weighted by molar-refractivity contribution is -0.123. The number of methoxy groups -OCH3 is 1. The third-order valence-corrected chi connectivity index (χ3v) is 4.15. The van der Waals surface area contributed by atoms with Crippen LogP contribution in [0, 0.1) is 0 Å². The van der Waals surface area contributed by atoms with E-state index in [1.165, 1.54) is 11.3 Å². The van der Waals surface area contributed by atoms with Gasteiger partial charge in [-0.15, -0.1) is 21.5 Å². The van der Waals surface area contributed by atoms with Gasteiger partial charge in [0.15, 0.2) is 18.1 Å². The standard InChI is InChI=1S/C17H17N3O4S/c1-22-12-5-2-3-6-13(12)23-11-15(21)18-9-8-16-19-20-17(24-16)14-7-4-10-25-14/h2-7,10H,8-9,11H2,1H3,(H,18,21). The summed E-state index contributed by atoms with van der Waals surface area (Å²) in [6, 6.07) is 11.0. The molecular formula is C17H17N3O4S. The van der Waals surface area contributed by atoms with Gasteiger partial charge < -0.3 is 19.2 Å². The molecule has 1 N–H and O–H groups in total. The van der Waals surface area contributed by atoms with Gasteiger partial charge in [-0.2, -0.15) is 0 Å². The molecular weight excluding hydrogens is 342 g/mol. The molecule has 0 unspecified atom stereocenters. The van der Waals surface area contributed by atoms with E-state index in [0.717, 1.165) is 4.88 Å². The molecule has 3 aromatic rings. The number of hydrogen-bond donors (Lipinski definition) is 1. The van der Waals surface area contributed by atoms with E-state index in [9.17, 15) is 4.79 Å². The fraction of sp³-hybridized carbons (Fsp3) is 0.235. The molecule has 1 aromatic carbocycles. The molecule has 1 amide bonds. The number of thiophene rings is 1. The zero-order chi connectivity index (χ0) is 17.5. The van der Waals surface area contributed by atoms with Gasteiger partial charge in [-0.3, -0.25) is 4.79 Å². The minimum absolute atomic E-state index is 0.0926. The highest BCUT2D eigenvalue weighted by molar-refractivity contribution is 7.13. The van der Waals surface area contributed by atoms with Gasteiger partial charge >= 0.3 is 0 Å². The molecule has 0 atom stereocenters. The fourth-order valence-corrected chi connectivity index (χ4v) is 2.74. The number of aromatic nitrogens is 2. The predicted octanol–water partition coefficient (Wildman–Crippen LogP) is 2.54. The maximum Gasteiger partial charge on any atom is 0.257 e. The van der Waals surface area contributed by atoms with Gasteiger partial charge in [0.2, 0.25) is 5.89 Å². The van der Waals surface area contributed by atoms with E-state index >= 15 is 0 Å². The molecule has 7 nitrogen and oxygen atoms in total. The van der Waals surface area contributed by atoms with Crippen LogP contribution in [0.2, 0.25) is 0 Å². The van der Waals surface area contributed by atoms with E-state index in [2.05, 4.69) is 15.5 Å². The fourth-order valence-electron chi connectivity index (χ4n) is 2.10. The van der Waals surface area contributed by atoms with E-state index in [1.54, 1.807) is 19.2 Å². The van der Waals surface area contributed by atoms with Crippen LogP contribution in [-0.4, -0.2) is 36.4 Å². The summed E-state index contributed by atoms with van der Waals surface area (Å²) >= 11 is 1.53. The van der Waals surface area contributed by atoms with Crippen molar-refractivity contribution in [2.75, 3.05) is 20.3 Å². The molecule has 0 aliphatic rings. The first kappa shape index (κ1) is 17.0. The number of rotatable bonds is 8. The van der Waals surface area contributed by atoms with E-state index in [4.69, 9.17) is 13.9 Å². The average Bonchev–Trinajstić information content (AvgIpc) is 3.31. The third-order valence-electron chi connectivity index (χ3n) is 3.29. The smallest absolute Gasteiger partial charge is 0.257 e. The van der Waals surface area contributed by atoms with Crippen molar-refractivity contribution in [1.82, 2.24) is 15.5 Å². The van der Waals surface area contributed by atoms with Crippen LogP contribution >= 0.6 is 11.3 Å². The van der Waals surface area contributed by atoms with Crippen molar-refractivity contribution in [3.8, 4) is 22.3 Å². The Kier molecular flexibility index (Phi) is 5.63. The molecule has 0 saturated heterocycles. The number of hydrogen-bond acceptors (Lipinski definition) is 7. The average molecular weight is 359 g/mol. The third kappa shape index (κ3) is 4.57. The lowest BCUT2D eigenvalue weighted by Gasteiger charge is -2.10. The Labute approximate surface area is 148 Å². The molecule has 2 aromatic heterocycles. The van der Waals surface area contributed by atoms with Gasteiger partial charge in [0.1, 0.15) is 0 Å². The molecule has 0 bridgehead atoms. The van der Waals surface area contributed by atoms with Crippen molar-refractivity contribution < 1.29 is 18.7 Å². The summed E-state index contributed by atoms with van der Waals surface area (Å²) in [7, 11) is 1.55. The van der Waals surface area contributed by atoms with Gasteiger partial charge in [0.25, 0.3) is 11.8 Å². The molecule has 0 fully saturated rings. The number of nitrogens with one attached hydrogen (secondary N) is 1. The Hall–Kier alpha value is -2.87. The zero-order valence-corrected chi connectivity index (χ0v) is 14.4. The van der Waals surface area contributed by atoms with Crippen molar-refractivity contribution in [1.29, 1.82) is 0 Å². The Morgan fingerprint density at radius 2 is 2.04 bits per heavy atom. The summed E-state index contributed by atoms with van der Waals surface area (Å²) in [5, 5.41) is 12.7. The van der Waals surface area contributed by atoms with Crippen molar-refractivity contribution in [3.05, 3.63) is 47.7 Å². The lowest BCUT2D eigenvalue weighted by atomic mass is 10.3. The molecule has 130 valence electrons. The Morgan fingerprint density at radius 1 is 1.20 bits per heavy atom. The second-order valence-corrected chi connectivity index (χ2v) is 5.97. The highest BCUT2D eigenvalue weighted by Gasteiger charge is 2.10. The SMILES string of the molecule is COc1ccccc1OCC(=O)NCCc1nnc(-c2cccs2)o1. The summed E-state index contributed by atoms with van der Waals surface area (Å²) in [5.74, 6) is 1.86. The second kappa shape index (κ2) is 8.29. The number of benzene rings is 1. The van der Waals surface area contributed by atoms with Gasteiger partial charge in [-0.25, -0.2) is 0 Å². The van der Waals surface area contributed by atoms with E-state index < -0.39 is 0 Å². The minimum atomic E-state index is -0.232. The molecule has 25 heavy (non-hydrogen) atoms. The first-order valence-corrected chi connectivity index (χ1v) is 8.53. The molecule has 3 rings (SSSR count). The summed E-state index contributed by atoms with van der Waals surface area (Å²) in [6.45, 7) is 0.296. The molecule has 2 heterocycles. The maximum absolute atomic E-state index is 11.9. The summed E-state index contributed by atoms with van der Waals surface area (Å²) in [4.78, 5) is 12.8. The first-order valence-electron chi connectivity index (χ1n) is 7.65. The van der Waals surface area contributed by atoms with Crippen LogP contribution in [-0.2, 0) is 11.2 Å². The van der Waals surface area contributed by atoms with Crippen LogP contribution in [0.4, 0.5) is 0 Å². The summed E-state index contributed by atoms with van der Waals surface area (Å²) in [5.41, 5.74) is 0. The van der Waals surface area contributed by atoms with Crippen LogP contribution < -0.4 is 14.8 Å². The molecule has 8 heteroatoms. The monoisotopic (exact) mass is 359 g/mol. The van der Waals surface area contributed by atoms with Gasteiger partial charge in [0.05, 0.1) is 12.0 Å². The van der Waals surface area contributed by atoms with Crippen LogP contribution in [0.5, 0.6) is 11.5 Å². The number of carbonyl (C=O) groups is 1. The molecule has 0 aliphatic heterocycles. The molecule has 0 radical (unpaired) electrons. The van der Waals surface area contributed by atoms with Crippen LogP contribution in [0.1, 0.15) is 5.89 Å². The van der Waals surface area contributed by atoms with Gasteiger partial charge in [-0.1, -0.05) is 18.2 Å². The minimum Gasteiger partial charge on any atom is -0.493 e. The second-order valence-electron chi connectivity index (χ2n) is 5.02. The quantitative estimate of drug-likeness (QED) is 0.665. The predicted molar refractivity (Wildman–Crippen MR) is 92.8 cm³/mol. The van der Waals surface area contributed by atoms with Crippen molar-refractivity contribution in [3.63, 3.8) is 0 Å². The van der Waals surface area contributed by atoms with Crippen molar-refractivity contribution in [2.45, 2.75) is 6.42 Å². The van der Waals surface area contributed by atoms with Crippen molar-refractivity contribution in [2.24, 2.45) is 0 Å². The van der Waals surface area contributed by atoms with Crippen LogP contribution in [0.15, 0.2) is 46.2 Å². The Balaban J connectivity index is 1.42. The Bertz CT molecular complexity index is 817. The zero-order valence-electron chi connectivity index (χ0n) is 13.6. The van der Waals surface area contributed by atoms with Gasteiger partial charge in [0, 0.05) is 13.0 Å². The van der Waals surface area contributed by atoms with E-state index in [0.29, 0.717) is 36.2 Å². The molecule has 0 aliphatic carbocycles. The molecule has 0 saturated carbocycles. The summed E-state index contributed by atoms with van der Waals surface area (Å²) < 4.78 is 16.2. The Morgan fingerprint density at radius 3 is 2.80 bits per heavy atom. The van der Waals surface area contributed by atoms with E-state index in [-0.39, 0.29) is 12.5 Å². The number of nitrogens with zero attached hydrogens (tertiary/aromatic N) is 2. The van der Waals surface area contributed by atoms with E-state index in [1.807, 2.05) is 29.6 Å². The highest BCUT2D eigenvalue weighted by atomic mass is 32.1. The van der Waals surface area contributed by atoms with Gasteiger partial charge in [-0.05, 0) is 23.6 Å². The maximum atomic E-state index is 11.9. The lowest BCUT2D eigenvalue weighted by Crippen LogP contribution is -2.30. The molecule has 0 spiro atoms. The number of carbonyl (C=O) groups excluding carboxylic acids is 1. The first-order chi connectivity index (χ1) is 12.3. The number of ether oxygens (including phenoxy) is 2. The largest absolute Gasteiger partial charge is 0.493 e. The topological polar surface area (TPSA) is 86.5 Å².